The summed E-state index contributed by atoms with van der Waals surface area (Å²) in [6.07, 6.45) is -0.871. The maximum absolute atomic E-state index is 10.2. The first-order valence-electron chi connectivity index (χ1n) is 5.07. The average Bonchev–Trinajstić information content (AvgIpc) is 2.32. The lowest BCUT2D eigenvalue weighted by molar-refractivity contribution is 0.220. The van der Waals surface area contributed by atoms with Crippen molar-refractivity contribution in [3.8, 4) is 0 Å². The van der Waals surface area contributed by atoms with Crippen molar-refractivity contribution in [2.45, 2.75) is 6.10 Å². The molecule has 0 radical (unpaired) electrons. The molecule has 1 unspecified atom stereocenters. The molecule has 0 heterocycles. The van der Waals surface area contributed by atoms with Gasteiger partial charge in [0.25, 0.3) is 0 Å². The molecule has 0 amide bonds. The zero-order valence-electron chi connectivity index (χ0n) is 9.00. The second-order valence-electron chi connectivity index (χ2n) is 3.74. The maximum atomic E-state index is 10.2. The van der Waals surface area contributed by atoms with Gasteiger partial charge in [-0.05, 0) is 29.8 Å². The Morgan fingerprint density at radius 3 is 2.11 bits per heavy atom. The van der Waals surface area contributed by atoms with Crippen LogP contribution in [0.25, 0.3) is 0 Å². The van der Waals surface area contributed by atoms with Gasteiger partial charge >= 0.3 is 0 Å². The maximum Gasteiger partial charge on any atom is 0.106 e. The molecule has 1 nitrogen and oxygen atoms in total. The molecule has 0 aliphatic heterocycles. The highest BCUT2D eigenvalue weighted by molar-refractivity contribution is 6.42. The molecule has 1 N–H and O–H groups in total. The van der Waals surface area contributed by atoms with E-state index in [2.05, 4.69) is 0 Å². The van der Waals surface area contributed by atoms with E-state index in [1.54, 1.807) is 36.4 Å². The van der Waals surface area contributed by atoms with Gasteiger partial charge in [-0.25, -0.2) is 0 Å². The van der Waals surface area contributed by atoms with Gasteiger partial charge in [-0.3, -0.25) is 0 Å². The van der Waals surface area contributed by atoms with Gasteiger partial charge in [0.15, 0.2) is 0 Å². The van der Waals surface area contributed by atoms with Crippen LogP contribution in [0.1, 0.15) is 17.2 Å². The van der Waals surface area contributed by atoms with Gasteiger partial charge in [0, 0.05) is 15.6 Å². The van der Waals surface area contributed by atoms with Crippen LogP contribution in [0.5, 0.6) is 0 Å². The molecule has 2 aromatic rings. The molecule has 0 spiro atoms. The first-order valence-corrected chi connectivity index (χ1v) is 6.58. The van der Waals surface area contributed by atoms with Gasteiger partial charge < -0.3 is 5.11 Å². The number of aliphatic hydroxyl groups excluding tert-OH is 1. The second-order valence-corrected chi connectivity index (χ2v) is 5.40. The molecule has 2 aromatic carbocycles. The number of hydrogen-bond donors (Lipinski definition) is 1. The molecule has 5 heteroatoms. The van der Waals surface area contributed by atoms with Crippen molar-refractivity contribution in [1.82, 2.24) is 0 Å². The van der Waals surface area contributed by atoms with Crippen molar-refractivity contribution < 1.29 is 5.11 Å². The van der Waals surface area contributed by atoms with E-state index in [1.807, 2.05) is 0 Å². The Morgan fingerprint density at radius 1 is 0.778 bits per heavy atom. The molecule has 18 heavy (non-hydrogen) atoms. The molecule has 0 saturated carbocycles. The Morgan fingerprint density at radius 2 is 1.50 bits per heavy atom. The quantitative estimate of drug-likeness (QED) is 0.787. The van der Waals surface area contributed by atoms with Crippen LogP contribution in [0, 0.1) is 0 Å². The fraction of sp³-hybridized carbons (Fsp3) is 0.0769. The highest BCUT2D eigenvalue weighted by Crippen LogP contribution is 2.33. The van der Waals surface area contributed by atoms with Gasteiger partial charge in [0.1, 0.15) is 6.10 Å². The van der Waals surface area contributed by atoms with E-state index in [0.717, 1.165) is 0 Å². The van der Waals surface area contributed by atoms with E-state index < -0.39 is 6.10 Å². The van der Waals surface area contributed by atoms with Gasteiger partial charge in [0.05, 0.1) is 10.0 Å². The van der Waals surface area contributed by atoms with Crippen molar-refractivity contribution in [2.24, 2.45) is 0 Å². The molecule has 0 bridgehead atoms. The predicted octanol–water partition coefficient (Wildman–Crippen LogP) is 5.38. The Labute approximate surface area is 125 Å². The Balaban J connectivity index is 2.41. The number of rotatable bonds is 2. The molecule has 94 valence electrons. The van der Waals surface area contributed by atoms with Crippen molar-refractivity contribution in [3.05, 3.63) is 67.6 Å². The van der Waals surface area contributed by atoms with Crippen LogP contribution < -0.4 is 0 Å². The molecule has 0 fully saturated rings. The lowest BCUT2D eigenvalue weighted by atomic mass is 10.0. The summed E-state index contributed by atoms with van der Waals surface area (Å²) in [5.74, 6) is 0. The minimum Gasteiger partial charge on any atom is -0.384 e. The van der Waals surface area contributed by atoms with Crippen LogP contribution in [0.2, 0.25) is 20.1 Å². The minimum atomic E-state index is -0.871. The summed E-state index contributed by atoms with van der Waals surface area (Å²) in [5.41, 5.74) is 1.19. The first kappa shape index (κ1) is 14.0. The highest BCUT2D eigenvalue weighted by Gasteiger charge is 2.15. The largest absolute Gasteiger partial charge is 0.384 e. The summed E-state index contributed by atoms with van der Waals surface area (Å²) in [7, 11) is 0. The van der Waals surface area contributed by atoms with Crippen LogP contribution >= 0.6 is 46.4 Å². The third-order valence-electron chi connectivity index (χ3n) is 2.52. The Hall–Kier alpha value is -0.440. The molecule has 0 aliphatic carbocycles. The fourth-order valence-corrected chi connectivity index (χ4v) is 2.40. The smallest absolute Gasteiger partial charge is 0.106 e. The Kier molecular flexibility index (Phi) is 4.41. The second kappa shape index (κ2) is 5.68. The summed E-state index contributed by atoms with van der Waals surface area (Å²) in [5, 5.41) is 12.0. The summed E-state index contributed by atoms with van der Waals surface area (Å²) in [6, 6.07) is 9.87. The molecule has 2 rings (SSSR count). The molecule has 1 atom stereocenters. The zero-order chi connectivity index (χ0) is 13.3. The molecular weight excluding hydrogens is 314 g/mol. The van der Waals surface area contributed by atoms with E-state index in [1.165, 1.54) is 0 Å². The van der Waals surface area contributed by atoms with Gasteiger partial charge in [-0.1, -0.05) is 58.5 Å². The standard InChI is InChI=1S/C13H8Cl4O/c14-8-2-3-9(11(16)6-8)13(18)7-1-4-10(15)12(17)5-7/h1-6,13,18H. The summed E-state index contributed by atoms with van der Waals surface area (Å²) >= 11 is 23.6. The van der Waals surface area contributed by atoms with Gasteiger partial charge in [0.2, 0.25) is 0 Å². The first-order chi connectivity index (χ1) is 8.49. The summed E-state index contributed by atoms with van der Waals surface area (Å²) < 4.78 is 0. The monoisotopic (exact) mass is 320 g/mol. The number of benzene rings is 2. The van der Waals surface area contributed by atoms with Crippen LogP contribution in [0.3, 0.4) is 0 Å². The number of halogens is 4. The van der Waals surface area contributed by atoms with E-state index in [9.17, 15) is 5.11 Å². The topological polar surface area (TPSA) is 20.2 Å². The normalized spacial score (nSPS) is 12.5. The van der Waals surface area contributed by atoms with Crippen LogP contribution in [-0.2, 0) is 0 Å². The van der Waals surface area contributed by atoms with E-state index in [0.29, 0.717) is 31.2 Å². The van der Waals surface area contributed by atoms with Gasteiger partial charge in [-0.2, -0.15) is 0 Å². The van der Waals surface area contributed by atoms with Gasteiger partial charge in [-0.15, -0.1) is 0 Å². The molecular formula is C13H8Cl4O. The third-order valence-corrected chi connectivity index (χ3v) is 3.82. The average molecular weight is 322 g/mol. The van der Waals surface area contributed by atoms with E-state index >= 15 is 0 Å². The lowest BCUT2D eigenvalue weighted by Crippen LogP contribution is -2.00. The number of aliphatic hydroxyl groups is 1. The summed E-state index contributed by atoms with van der Waals surface area (Å²) in [4.78, 5) is 0. The van der Waals surface area contributed by atoms with Crippen LogP contribution in [0.15, 0.2) is 36.4 Å². The van der Waals surface area contributed by atoms with Crippen molar-refractivity contribution in [3.63, 3.8) is 0 Å². The number of hydrogen-bond acceptors (Lipinski definition) is 1. The summed E-state index contributed by atoms with van der Waals surface area (Å²) in [6.45, 7) is 0. The van der Waals surface area contributed by atoms with Crippen molar-refractivity contribution in [2.75, 3.05) is 0 Å². The SMILES string of the molecule is OC(c1ccc(Cl)c(Cl)c1)c1ccc(Cl)cc1Cl. The lowest BCUT2D eigenvalue weighted by Gasteiger charge is -2.14. The van der Waals surface area contributed by atoms with Crippen molar-refractivity contribution >= 4 is 46.4 Å². The van der Waals surface area contributed by atoms with E-state index in [-0.39, 0.29) is 0 Å². The van der Waals surface area contributed by atoms with Crippen LogP contribution in [0.4, 0.5) is 0 Å². The molecule has 0 aromatic heterocycles. The minimum absolute atomic E-state index is 0.387. The molecule has 0 aliphatic rings. The zero-order valence-corrected chi connectivity index (χ0v) is 12.0. The van der Waals surface area contributed by atoms with Crippen LogP contribution in [-0.4, -0.2) is 5.11 Å². The Bertz CT molecular complexity index is 583. The predicted molar refractivity (Wildman–Crippen MR) is 77.0 cm³/mol. The fourth-order valence-electron chi connectivity index (χ4n) is 1.59. The van der Waals surface area contributed by atoms with Crippen molar-refractivity contribution in [1.29, 1.82) is 0 Å². The third kappa shape index (κ3) is 2.93. The molecule has 0 saturated heterocycles. The highest BCUT2D eigenvalue weighted by atomic mass is 35.5. The van der Waals surface area contributed by atoms with E-state index in [4.69, 9.17) is 46.4 Å².